The van der Waals surface area contributed by atoms with Gasteiger partial charge in [0.05, 0.1) is 37.0 Å². The summed E-state index contributed by atoms with van der Waals surface area (Å²) in [7, 11) is 1.55. The lowest BCUT2D eigenvalue weighted by molar-refractivity contribution is 0.0302. The molecule has 1 amide bonds. The van der Waals surface area contributed by atoms with E-state index in [1.165, 1.54) is 0 Å². The van der Waals surface area contributed by atoms with Crippen molar-refractivity contribution in [2.75, 3.05) is 44.0 Å². The highest BCUT2D eigenvalue weighted by molar-refractivity contribution is 5.96. The fourth-order valence-electron chi connectivity index (χ4n) is 3.86. The molecule has 2 aromatic heterocycles. The molecule has 3 aromatic rings. The van der Waals surface area contributed by atoms with Crippen LogP contribution in [0.4, 0.5) is 17.5 Å². The molecule has 5 rings (SSSR count). The summed E-state index contributed by atoms with van der Waals surface area (Å²) < 4.78 is 10.9. The molecule has 10 nitrogen and oxygen atoms in total. The van der Waals surface area contributed by atoms with Crippen LogP contribution < -0.4 is 15.4 Å². The van der Waals surface area contributed by atoms with E-state index in [0.717, 1.165) is 12.8 Å². The third-order valence-electron chi connectivity index (χ3n) is 6.07. The average molecular weight is 447 g/mol. The van der Waals surface area contributed by atoms with E-state index in [0.29, 0.717) is 71.7 Å². The SMILES string of the molecule is COc1cc(C(=O)N2CCOCC2)ccc1Nc1nc(NC2(C)CC2)c2c(C#N)c[nH]c2n1. The lowest BCUT2D eigenvalue weighted by atomic mass is 10.1. The number of nitrogens with one attached hydrogen (secondary N) is 3. The van der Waals surface area contributed by atoms with Gasteiger partial charge >= 0.3 is 0 Å². The lowest BCUT2D eigenvalue weighted by Gasteiger charge is -2.27. The van der Waals surface area contributed by atoms with Crippen LogP contribution in [0, 0.1) is 11.3 Å². The highest BCUT2D eigenvalue weighted by atomic mass is 16.5. The monoisotopic (exact) mass is 447 g/mol. The summed E-state index contributed by atoms with van der Waals surface area (Å²) in [4.78, 5) is 26.9. The number of ether oxygens (including phenoxy) is 2. The molecule has 0 radical (unpaired) electrons. The largest absolute Gasteiger partial charge is 0.495 e. The number of carbonyl (C=O) groups excluding carboxylic acids is 1. The Balaban J connectivity index is 1.45. The first-order valence-electron chi connectivity index (χ1n) is 10.9. The number of carbonyl (C=O) groups is 1. The molecule has 2 aliphatic rings. The molecule has 1 saturated carbocycles. The van der Waals surface area contributed by atoms with Crippen LogP contribution in [-0.2, 0) is 4.74 Å². The van der Waals surface area contributed by atoms with Crippen LogP contribution in [-0.4, -0.2) is 64.7 Å². The Morgan fingerprint density at radius 2 is 2.09 bits per heavy atom. The van der Waals surface area contributed by atoms with Gasteiger partial charge in [-0.05, 0) is 38.0 Å². The van der Waals surface area contributed by atoms with Gasteiger partial charge < -0.3 is 30.0 Å². The Morgan fingerprint density at radius 3 is 2.79 bits per heavy atom. The molecule has 0 spiro atoms. The summed E-state index contributed by atoms with van der Waals surface area (Å²) in [5.41, 5.74) is 2.20. The maximum Gasteiger partial charge on any atom is 0.254 e. The van der Waals surface area contributed by atoms with E-state index in [2.05, 4.69) is 38.6 Å². The van der Waals surface area contributed by atoms with Crippen molar-refractivity contribution in [2.24, 2.45) is 0 Å². The number of aromatic nitrogens is 3. The van der Waals surface area contributed by atoms with Gasteiger partial charge in [0.2, 0.25) is 5.95 Å². The van der Waals surface area contributed by atoms with E-state index < -0.39 is 0 Å². The second-order valence-electron chi connectivity index (χ2n) is 8.56. The second-order valence-corrected chi connectivity index (χ2v) is 8.56. The van der Waals surface area contributed by atoms with Gasteiger partial charge in [-0.2, -0.15) is 15.2 Å². The summed E-state index contributed by atoms with van der Waals surface area (Å²) in [6.07, 6.45) is 3.72. The van der Waals surface area contributed by atoms with Crippen LogP contribution in [0.3, 0.4) is 0 Å². The number of hydrogen-bond acceptors (Lipinski definition) is 8. The Bertz CT molecular complexity index is 1250. The Hall–Kier alpha value is -3.84. The summed E-state index contributed by atoms with van der Waals surface area (Å²) in [5.74, 6) is 1.41. The Morgan fingerprint density at radius 1 is 1.30 bits per heavy atom. The molecule has 1 saturated heterocycles. The number of fused-ring (bicyclic) bond motifs is 1. The Kier molecular flexibility index (Phi) is 5.26. The van der Waals surface area contributed by atoms with Crippen LogP contribution in [0.25, 0.3) is 11.0 Å². The maximum absolute atomic E-state index is 12.8. The van der Waals surface area contributed by atoms with Crippen LogP contribution in [0.15, 0.2) is 24.4 Å². The van der Waals surface area contributed by atoms with Gasteiger partial charge in [0, 0.05) is 30.4 Å². The van der Waals surface area contributed by atoms with Gasteiger partial charge in [-0.1, -0.05) is 0 Å². The predicted octanol–water partition coefficient (Wildman–Crippen LogP) is 3.02. The van der Waals surface area contributed by atoms with Gasteiger partial charge in [-0.25, -0.2) is 0 Å². The summed E-state index contributed by atoms with van der Waals surface area (Å²) >= 11 is 0. The summed E-state index contributed by atoms with van der Waals surface area (Å²) in [6, 6.07) is 7.45. The quantitative estimate of drug-likeness (QED) is 0.526. The van der Waals surface area contributed by atoms with Crippen molar-refractivity contribution in [2.45, 2.75) is 25.3 Å². The molecule has 0 unspecified atom stereocenters. The molecule has 1 aromatic carbocycles. The fourth-order valence-corrected chi connectivity index (χ4v) is 3.86. The molecule has 170 valence electrons. The number of amides is 1. The zero-order chi connectivity index (χ0) is 23.0. The van der Waals surface area contributed by atoms with E-state index in [1.54, 1.807) is 36.4 Å². The fraction of sp³-hybridized carbons (Fsp3) is 0.391. The van der Waals surface area contributed by atoms with Crippen molar-refractivity contribution in [3.05, 3.63) is 35.5 Å². The summed E-state index contributed by atoms with van der Waals surface area (Å²) in [6.45, 7) is 4.36. The third-order valence-corrected chi connectivity index (χ3v) is 6.07. The molecular weight excluding hydrogens is 422 g/mol. The van der Waals surface area contributed by atoms with Crippen molar-refractivity contribution in [1.29, 1.82) is 5.26 Å². The number of nitriles is 1. The maximum atomic E-state index is 12.8. The molecule has 0 bridgehead atoms. The molecule has 0 atom stereocenters. The van der Waals surface area contributed by atoms with Gasteiger partial charge in [0.1, 0.15) is 23.3 Å². The van der Waals surface area contributed by atoms with Gasteiger partial charge in [-0.15, -0.1) is 0 Å². The Labute approximate surface area is 190 Å². The number of rotatable bonds is 6. The molecule has 3 N–H and O–H groups in total. The molecule has 1 aliphatic heterocycles. The number of aromatic amines is 1. The number of benzene rings is 1. The standard InChI is InChI=1S/C23H25N7O3/c1-23(5-6-23)29-20-18-15(12-24)13-25-19(18)27-22(28-20)26-16-4-3-14(11-17(16)32-2)21(31)30-7-9-33-10-8-30/h3-4,11,13H,5-10H2,1-2H3,(H3,25,26,27,28,29). The van der Waals surface area contributed by atoms with E-state index in [9.17, 15) is 10.1 Å². The zero-order valence-corrected chi connectivity index (χ0v) is 18.6. The van der Waals surface area contributed by atoms with Gasteiger partial charge in [-0.3, -0.25) is 4.79 Å². The van der Waals surface area contributed by atoms with Crippen molar-refractivity contribution >= 4 is 34.4 Å². The van der Waals surface area contributed by atoms with Crippen LogP contribution in [0.5, 0.6) is 5.75 Å². The van der Waals surface area contributed by atoms with E-state index >= 15 is 0 Å². The number of hydrogen-bond donors (Lipinski definition) is 3. The van der Waals surface area contributed by atoms with Crippen molar-refractivity contribution in [3.63, 3.8) is 0 Å². The molecule has 1 aliphatic carbocycles. The number of anilines is 3. The van der Waals surface area contributed by atoms with Crippen LogP contribution in [0.1, 0.15) is 35.7 Å². The minimum absolute atomic E-state index is 0.0261. The normalized spacial score (nSPS) is 16.8. The minimum atomic E-state index is -0.0552. The van der Waals surface area contributed by atoms with Crippen molar-refractivity contribution in [3.8, 4) is 11.8 Å². The smallest absolute Gasteiger partial charge is 0.254 e. The zero-order valence-electron chi connectivity index (χ0n) is 18.6. The first-order chi connectivity index (χ1) is 16.0. The molecular formula is C23H25N7O3. The number of methoxy groups -OCH3 is 1. The molecule has 3 heterocycles. The molecule has 10 heteroatoms. The first kappa shape index (κ1) is 21.0. The predicted molar refractivity (Wildman–Crippen MR) is 123 cm³/mol. The van der Waals surface area contributed by atoms with E-state index in [4.69, 9.17) is 9.47 Å². The van der Waals surface area contributed by atoms with Crippen LogP contribution >= 0.6 is 0 Å². The average Bonchev–Trinajstić information content (AvgIpc) is 3.41. The number of morpholine rings is 1. The molecule has 2 fully saturated rings. The number of nitrogens with zero attached hydrogens (tertiary/aromatic N) is 4. The topological polar surface area (TPSA) is 128 Å². The van der Waals surface area contributed by atoms with Gasteiger partial charge in [0.25, 0.3) is 5.91 Å². The second kappa shape index (κ2) is 8.26. The number of H-pyrrole nitrogens is 1. The minimum Gasteiger partial charge on any atom is -0.495 e. The van der Waals surface area contributed by atoms with Gasteiger partial charge in [0.15, 0.2) is 0 Å². The molecule has 33 heavy (non-hydrogen) atoms. The first-order valence-corrected chi connectivity index (χ1v) is 10.9. The van der Waals surface area contributed by atoms with E-state index in [1.807, 2.05) is 0 Å². The highest BCUT2D eigenvalue weighted by Crippen LogP contribution is 2.40. The van der Waals surface area contributed by atoms with E-state index in [-0.39, 0.29) is 11.4 Å². The summed E-state index contributed by atoms with van der Waals surface area (Å²) in [5, 5.41) is 16.8. The van der Waals surface area contributed by atoms with Crippen LogP contribution in [0.2, 0.25) is 0 Å². The van der Waals surface area contributed by atoms with Crippen molar-refractivity contribution in [1.82, 2.24) is 19.9 Å². The highest BCUT2D eigenvalue weighted by Gasteiger charge is 2.38. The lowest BCUT2D eigenvalue weighted by Crippen LogP contribution is -2.40. The van der Waals surface area contributed by atoms with Crippen molar-refractivity contribution < 1.29 is 14.3 Å². The third kappa shape index (κ3) is 4.15.